The Bertz CT molecular complexity index is 398. The van der Waals surface area contributed by atoms with Crippen LogP contribution in [0.4, 0.5) is 5.69 Å². The molecule has 1 nitrogen and oxygen atoms in total. The molecular weight excluding hydrogens is 254 g/mol. The summed E-state index contributed by atoms with van der Waals surface area (Å²) in [6.07, 6.45) is 12.4. The van der Waals surface area contributed by atoms with E-state index in [1.807, 2.05) is 0 Å². The van der Waals surface area contributed by atoms with Crippen LogP contribution in [0.15, 0.2) is 24.3 Å². The molecule has 0 N–H and O–H groups in total. The van der Waals surface area contributed by atoms with Crippen LogP contribution in [0, 0.1) is 0 Å². The fourth-order valence-corrected chi connectivity index (χ4v) is 3.90. The summed E-state index contributed by atoms with van der Waals surface area (Å²) in [5.74, 6) is 0. The topological polar surface area (TPSA) is 0 Å². The number of fused-ring (bicyclic) bond motifs is 1. The lowest BCUT2D eigenvalue weighted by Crippen LogP contribution is -2.49. The van der Waals surface area contributed by atoms with E-state index in [0.717, 1.165) is 0 Å². The maximum absolute atomic E-state index is 2.40. The molecular formula is C20H34N+. The number of hydrogen-bond donors (Lipinski definition) is 0. The summed E-state index contributed by atoms with van der Waals surface area (Å²) in [4.78, 5) is 0. The summed E-state index contributed by atoms with van der Waals surface area (Å²) in [6, 6.07) is 9.22. The summed E-state index contributed by atoms with van der Waals surface area (Å²) in [7, 11) is 0. The first-order valence-electron chi connectivity index (χ1n) is 9.27. The summed E-state index contributed by atoms with van der Waals surface area (Å²) in [5, 5.41) is 0. The Morgan fingerprint density at radius 1 is 0.810 bits per heavy atom. The fourth-order valence-electron chi connectivity index (χ4n) is 3.90. The van der Waals surface area contributed by atoms with Gasteiger partial charge in [-0.15, -0.1) is 0 Å². The van der Waals surface area contributed by atoms with Crippen molar-refractivity contribution in [2.75, 3.05) is 19.6 Å². The molecule has 0 spiro atoms. The summed E-state index contributed by atoms with van der Waals surface area (Å²) in [6.45, 7) is 8.68. The lowest BCUT2D eigenvalue weighted by molar-refractivity contribution is 0.280. The number of hydrogen-bond acceptors (Lipinski definition) is 0. The zero-order valence-corrected chi connectivity index (χ0v) is 14.2. The zero-order chi connectivity index (χ0) is 15.0. The summed E-state index contributed by atoms with van der Waals surface area (Å²) in [5.41, 5.74) is 3.26. The van der Waals surface area contributed by atoms with Crippen molar-refractivity contribution >= 4 is 5.69 Å². The molecule has 0 saturated heterocycles. The van der Waals surface area contributed by atoms with Crippen LogP contribution in [0.25, 0.3) is 0 Å². The van der Waals surface area contributed by atoms with Crippen LogP contribution < -0.4 is 4.48 Å². The van der Waals surface area contributed by atoms with E-state index in [0.29, 0.717) is 0 Å². The average Bonchev–Trinajstić information content (AvgIpc) is 2.88. The molecule has 1 aliphatic rings. The third kappa shape index (κ3) is 4.32. The molecule has 0 atom stereocenters. The summed E-state index contributed by atoms with van der Waals surface area (Å²) < 4.78 is 1.28. The predicted octanol–water partition coefficient (Wildman–Crippen LogP) is 5.71. The van der Waals surface area contributed by atoms with Crippen molar-refractivity contribution in [2.45, 2.75) is 71.6 Å². The minimum absolute atomic E-state index is 1.28. The Morgan fingerprint density at radius 3 is 2.05 bits per heavy atom. The highest BCUT2D eigenvalue weighted by molar-refractivity contribution is 5.54. The maximum Gasteiger partial charge on any atom is 0.136 e. The van der Waals surface area contributed by atoms with Gasteiger partial charge in [-0.05, 0) is 31.7 Å². The first-order valence-corrected chi connectivity index (χ1v) is 9.27. The third-order valence-corrected chi connectivity index (χ3v) is 5.19. The molecule has 1 aliphatic heterocycles. The minimum atomic E-state index is 1.28. The highest BCUT2D eigenvalue weighted by Gasteiger charge is 2.36. The number of benzene rings is 1. The van der Waals surface area contributed by atoms with Crippen LogP contribution in [-0.4, -0.2) is 19.6 Å². The molecule has 0 radical (unpaired) electrons. The van der Waals surface area contributed by atoms with Crippen LogP contribution in [0.2, 0.25) is 0 Å². The molecule has 118 valence electrons. The molecule has 1 aromatic rings. The number of unbranched alkanes of at least 4 members (excludes halogenated alkanes) is 6. The molecule has 1 heterocycles. The van der Waals surface area contributed by atoms with Crippen molar-refractivity contribution in [1.82, 2.24) is 4.48 Å². The van der Waals surface area contributed by atoms with E-state index >= 15 is 0 Å². The van der Waals surface area contributed by atoms with Gasteiger partial charge in [0, 0.05) is 12.0 Å². The molecule has 1 heteroatoms. The molecule has 0 saturated carbocycles. The molecule has 0 bridgehead atoms. The van der Waals surface area contributed by atoms with E-state index < -0.39 is 0 Å². The number of quaternary nitrogens is 1. The van der Waals surface area contributed by atoms with E-state index in [1.54, 1.807) is 11.3 Å². The molecule has 21 heavy (non-hydrogen) atoms. The van der Waals surface area contributed by atoms with Gasteiger partial charge in [-0.2, -0.15) is 0 Å². The van der Waals surface area contributed by atoms with Crippen LogP contribution in [0.5, 0.6) is 0 Å². The Balaban J connectivity index is 2.01. The van der Waals surface area contributed by atoms with Crippen molar-refractivity contribution in [3.63, 3.8) is 0 Å². The van der Waals surface area contributed by atoms with Crippen LogP contribution >= 0.6 is 0 Å². The zero-order valence-electron chi connectivity index (χ0n) is 14.2. The smallest absolute Gasteiger partial charge is 0.136 e. The van der Waals surface area contributed by atoms with E-state index in [2.05, 4.69) is 38.1 Å². The van der Waals surface area contributed by atoms with Gasteiger partial charge in [0.15, 0.2) is 0 Å². The Hall–Kier alpha value is -0.820. The largest absolute Gasteiger partial charge is 0.291 e. The van der Waals surface area contributed by atoms with Crippen molar-refractivity contribution in [1.29, 1.82) is 0 Å². The molecule has 0 aromatic heterocycles. The fraction of sp³-hybridized carbons (Fsp3) is 0.700. The van der Waals surface area contributed by atoms with Gasteiger partial charge in [0.25, 0.3) is 0 Å². The molecule has 2 rings (SSSR count). The predicted molar refractivity (Wildman–Crippen MR) is 94.8 cm³/mol. The molecule has 1 aromatic carbocycles. The van der Waals surface area contributed by atoms with E-state index in [4.69, 9.17) is 0 Å². The normalized spacial score (nSPS) is 16.1. The highest BCUT2D eigenvalue weighted by atomic mass is 15.4. The third-order valence-electron chi connectivity index (χ3n) is 5.19. The highest BCUT2D eigenvalue weighted by Crippen LogP contribution is 2.35. The van der Waals surface area contributed by atoms with Gasteiger partial charge in [0.05, 0.1) is 19.6 Å². The van der Waals surface area contributed by atoms with Gasteiger partial charge >= 0.3 is 0 Å². The molecule has 0 unspecified atom stereocenters. The first kappa shape index (κ1) is 16.5. The van der Waals surface area contributed by atoms with Crippen molar-refractivity contribution in [2.24, 2.45) is 0 Å². The number of rotatable bonds is 10. The quantitative estimate of drug-likeness (QED) is 0.382. The molecule has 0 fully saturated rings. The van der Waals surface area contributed by atoms with Crippen LogP contribution in [-0.2, 0) is 6.42 Å². The van der Waals surface area contributed by atoms with Crippen LogP contribution in [0.1, 0.15) is 70.8 Å². The monoisotopic (exact) mass is 288 g/mol. The lowest BCUT2D eigenvalue weighted by Gasteiger charge is -2.35. The van der Waals surface area contributed by atoms with E-state index in [1.165, 1.54) is 81.9 Å². The van der Waals surface area contributed by atoms with Crippen LogP contribution in [0.3, 0.4) is 0 Å². The second-order valence-corrected chi connectivity index (χ2v) is 6.82. The van der Waals surface area contributed by atoms with E-state index in [9.17, 15) is 0 Å². The van der Waals surface area contributed by atoms with E-state index in [-0.39, 0.29) is 0 Å². The lowest BCUT2D eigenvalue weighted by atomic mass is 10.1. The first-order chi connectivity index (χ1) is 10.3. The SMILES string of the molecule is CCCCCC[N+]1(CCCCCC)CCc2ccccc21. The Kier molecular flexibility index (Phi) is 6.76. The van der Waals surface area contributed by atoms with Gasteiger partial charge < -0.3 is 0 Å². The second kappa shape index (κ2) is 8.58. The number of nitrogens with zero attached hydrogens (tertiary/aromatic N) is 1. The van der Waals surface area contributed by atoms with Crippen molar-refractivity contribution < 1.29 is 0 Å². The Morgan fingerprint density at radius 2 is 1.43 bits per heavy atom. The maximum atomic E-state index is 2.40. The van der Waals surface area contributed by atoms with Gasteiger partial charge in [0.1, 0.15) is 5.69 Å². The Labute approximate surface area is 132 Å². The van der Waals surface area contributed by atoms with Crippen molar-refractivity contribution in [3.05, 3.63) is 29.8 Å². The standard InChI is InChI=1S/C20H34N/c1-3-5-7-11-16-21(17-12-8-6-4-2)18-15-19-13-9-10-14-20(19)21/h9-10,13-14H,3-8,11-12,15-18H2,1-2H3/q+1. The van der Waals surface area contributed by atoms with Gasteiger partial charge in [-0.3, -0.25) is 4.48 Å². The molecule has 0 amide bonds. The van der Waals surface area contributed by atoms with Gasteiger partial charge in [-0.25, -0.2) is 0 Å². The summed E-state index contributed by atoms with van der Waals surface area (Å²) >= 11 is 0. The number of para-hydroxylation sites is 1. The minimum Gasteiger partial charge on any atom is -0.291 e. The molecule has 0 aliphatic carbocycles. The second-order valence-electron chi connectivity index (χ2n) is 6.82. The van der Waals surface area contributed by atoms with Gasteiger partial charge in [0.2, 0.25) is 0 Å². The van der Waals surface area contributed by atoms with Gasteiger partial charge in [-0.1, -0.05) is 57.7 Å². The van der Waals surface area contributed by atoms with Crippen molar-refractivity contribution in [3.8, 4) is 0 Å². The average molecular weight is 288 g/mol.